The van der Waals surface area contributed by atoms with E-state index in [9.17, 15) is 14.9 Å². The molecule has 0 radical (unpaired) electrons. The number of benzene rings is 1. The third-order valence-corrected chi connectivity index (χ3v) is 5.36. The first-order valence-electron chi connectivity index (χ1n) is 9.34. The van der Waals surface area contributed by atoms with Gasteiger partial charge in [-0.3, -0.25) is 4.79 Å². The molecule has 1 aromatic heterocycles. The van der Waals surface area contributed by atoms with Gasteiger partial charge in [-0.25, -0.2) is 4.79 Å². The van der Waals surface area contributed by atoms with E-state index in [0.717, 1.165) is 25.7 Å². The summed E-state index contributed by atoms with van der Waals surface area (Å²) in [5.41, 5.74) is 7.35. The minimum Gasteiger partial charge on any atom is -0.464 e. The minimum absolute atomic E-state index is 0.0606. The van der Waals surface area contributed by atoms with Crippen molar-refractivity contribution >= 4 is 17.6 Å². The Morgan fingerprint density at radius 2 is 2.00 bits per heavy atom. The Labute approximate surface area is 164 Å². The molecule has 0 saturated heterocycles. The van der Waals surface area contributed by atoms with E-state index in [2.05, 4.69) is 0 Å². The predicted molar refractivity (Wildman–Crippen MR) is 105 cm³/mol. The van der Waals surface area contributed by atoms with Crippen LogP contribution in [-0.2, 0) is 4.74 Å². The molecule has 0 atom stereocenters. The Morgan fingerprint density at radius 3 is 2.64 bits per heavy atom. The summed E-state index contributed by atoms with van der Waals surface area (Å²) < 4.78 is 6.31. The summed E-state index contributed by atoms with van der Waals surface area (Å²) in [7, 11) is 3.09. The molecule has 146 valence electrons. The summed E-state index contributed by atoms with van der Waals surface area (Å²) in [4.78, 5) is 27.0. The van der Waals surface area contributed by atoms with Gasteiger partial charge in [0.05, 0.1) is 18.4 Å². The van der Waals surface area contributed by atoms with E-state index in [4.69, 9.17) is 10.5 Å². The van der Waals surface area contributed by atoms with E-state index in [0.29, 0.717) is 11.3 Å². The van der Waals surface area contributed by atoms with Crippen molar-refractivity contribution in [3.63, 3.8) is 0 Å². The monoisotopic (exact) mass is 380 g/mol. The van der Waals surface area contributed by atoms with Crippen LogP contribution in [0.15, 0.2) is 30.5 Å². The van der Waals surface area contributed by atoms with Crippen molar-refractivity contribution in [3.8, 4) is 11.8 Å². The van der Waals surface area contributed by atoms with Crippen molar-refractivity contribution in [2.45, 2.75) is 38.1 Å². The van der Waals surface area contributed by atoms with Gasteiger partial charge >= 0.3 is 5.97 Å². The number of hydrogen-bond acceptors (Lipinski definition) is 5. The second-order valence-corrected chi connectivity index (χ2v) is 7.04. The molecule has 28 heavy (non-hydrogen) atoms. The van der Waals surface area contributed by atoms with Crippen LogP contribution in [0.4, 0.5) is 5.69 Å². The van der Waals surface area contributed by atoms with E-state index in [1.807, 2.05) is 18.0 Å². The highest BCUT2D eigenvalue weighted by molar-refractivity contribution is 5.97. The first-order chi connectivity index (χ1) is 13.5. The maximum Gasteiger partial charge on any atom is 0.357 e. The summed E-state index contributed by atoms with van der Waals surface area (Å²) >= 11 is 0. The minimum atomic E-state index is -0.643. The molecule has 1 aliphatic carbocycles. The van der Waals surface area contributed by atoms with Gasteiger partial charge in [0.1, 0.15) is 6.07 Å². The van der Waals surface area contributed by atoms with Gasteiger partial charge in [-0.05, 0) is 31.0 Å². The first-order valence-corrected chi connectivity index (χ1v) is 9.34. The molecule has 0 spiro atoms. The molecule has 1 amide bonds. The summed E-state index contributed by atoms with van der Waals surface area (Å²) in [6, 6.07) is 9.19. The SMILES string of the molecule is COC(=O)c1c(N)c(C#N)cn1-c1cccc(C(=O)N(C)C2CCCCC2)c1. The number of nitrogens with two attached hydrogens (primary N) is 1. The van der Waals surface area contributed by atoms with Crippen LogP contribution in [0.2, 0.25) is 0 Å². The number of rotatable bonds is 4. The van der Waals surface area contributed by atoms with Crippen molar-refractivity contribution in [1.82, 2.24) is 9.47 Å². The van der Waals surface area contributed by atoms with E-state index in [1.54, 1.807) is 24.3 Å². The van der Waals surface area contributed by atoms with Crippen molar-refractivity contribution in [2.24, 2.45) is 0 Å². The van der Waals surface area contributed by atoms with Crippen molar-refractivity contribution in [3.05, 3.63) is 47.3 Å². The zero-order valence-corrected chi connectivity index (χ0v) is 16.1. The van der Waals surface area contributed by atoms with Gasteiger partial charge in [-0.1, -0.05) is 25.3 Å². The fraction of sp³-hybridized carbons (Fsp3) is 0.381. The zero-order chi connectivity index (χ0) is 20.3. The number of nitrogens with zero attached hydrogens (tertiary/aromatic N) is 3. The van der Waals surface area contributed by atoms with Gasteiger partial charge in [0.15, 0.2) is 5.69 Å². The normalized spacial score (nSPS) is 14.3. The number of anilines is 1. The third-order valence-electron chi connectivity index (χ3n) is 5.36. The van der Waals surface area contributed by atoms with Crippen molar-refractivity contribution < 1.29 is 14.3 Å². The van der Waals surface area contributed by atoms with Crippen LogP contribution in [0.3, 0.4) is 0 Å². The average Bonchev–Trinajstić information content (AvgIpc) is 3.09. The van der Waals surface area contributed by atoms with E-state index in [-0.39, 0.29) is 28.9 Å². The van der Waals surface area contributed by atoms with Crippen LogP contribution in [-0.4, -0.2) is 41.5 Å². The number of carbonyl (C=O) groups excluding carboxylic acids is 2. The summed E-state index contributed by atoms with van der Waals surface area (Å²) in [6.07, 6.45) is 7.04. The quantitative estimate of drug-likeness (QED) is 0.821. The van der Waals surface area contributed by atoms with Crippen molar-refractivity contribution in [1.29, 1.82) is 5.26 Å². The number of amides is 1. The van der Waals surface area contributed by atoms with E-state index in [1.165, 1.54) is 24.3 Å². The van der Waals surface area contributed by atoms with Gasteiger partial charge in [0, 0.05) is 30.5 Å². The van der Waals surface area contributed by atoms with Gasteiger partial charge < -0.3 is 19.9 Å². The number of carbonyl (C=O) groups is 2. The van der Waals surface area contributed by atoms with E-state index >= 15 is 0 Å². The standard InChI is InChI=1S/C21H24N4O3/c1-24(16-8-4-3-5-9-16)20(26)14-7-6-10-17(11-14)25-13-15(12-22)18(23)19(25)21(27)28-2/h6-7,10-11,13,16H,3-5,8-9,23H2,1-2H3. The fourth-order valence-electron chi connectivity index (χ4n) is 3.74. The summed E-state index contributed by atoms with van der Waals surface area (Å²) in [5, 5.41) is 9.26. The first kappa shape index (κ1) is 19.5. The van der Waals surface area contributed by atoms with Crippen LogP contribution < -0.4 is 5.73 Å². The molecule has 0 bridgehead atoms. The lowest BCUT2D eigenvalue weighted by molar-refractivity contribution is 0.0592. The lowest BCUT2D eigenvalue weighted by Crippen LogP contribution is -2.38. The molecule has 1 aliphatic rings. The molecule has 2 N–H and O–H groups in total. The van der Waals surface area contributed by atoms with Crippen LogP contribution in [0.5, 0.6) is 0 Å². The zero-order valence-electron chi connectivity index (χ0n) is 16.1. The Hall–Kier alpha value is -3.27. The van der Waals surface area contributed by atoms with Crippen LogP contribution >= 0.6 is 0 Å². The van der Waals surface area contributed by atoms with Gasteiger partial charge in [-0.15, -0.1) is 0 Å². The number of nitriles is 1. The Balaban J connectivity index is 1.97. The molecule has 0 aliphatic heterocycles. The lowest BCUT2D eigenvalue weighted by Gasteiger charge is -2.31. The summed E-state index contributed by atoms with van der Waals surface area (Å²) in [5.74, 6) is -0.705. The molecule has 1 heterocycles. The molecule has 0 unspecified atom stereocenters. The molecule has 3 rings (SSSR count). The number of ether oxygens (including phenoxy) is 1. The highest BCUT2D eigenvalue weighted by Gasteiger charge is 2.25. The summed E-state index contributed by atoms with van der Waals surface area (Å²) in [6.45, 7) is 0. The predicted octanol–water partition coefficient (Wildman–Crippen LogP) is 3.12. The molecule has 1 fully saturated rings. The average molecular weight is 380 g/mol. The van der Waals surface area contributed by atoms with Gasteiger partial charge in [-0.2, -0.15) is 5.26 Å². The largest absolute Gasteiger partial charge is 0.464 e. The number of aromatic nitrogens is 1. The molecule has 7 nitrogen and oxygen atoms in total. The highest BCUT2D eigenvalue weighted by Crippen LogP contribution is 2.26. The fourth-order valence-corrected chi connectivity index (χ4v) is 3.74. The Morgan fingerprint density at radius 1 is 1.29 bits per heavy atom. The van der Waals surface area contributed by atoms with Gasteiger partial charge in [0.2, 0.25) is 0 Å². The highest BCUT2D eigenvalue weighted by atomic mass is 16.5. The second kappa shape index (κ2) is 8.17. The Kier molecular flexibility index (Phi) is 5.69. The number of nitrogen functional groups attached to an aromatic ring is 1. The smallest absolute Gasteiger partial charge is 0.357 e. The number of esters is 1. The molecular weight excluding hydrogens is 356 g/mol. The molecule has 1 aromatic carbocycles. The van der Waals surface area contributed by atoms with Crippen LogP contribution in [0.1, 0.15) is 58.5 Å². The van der Waals surface area contributed by atoms with Gasteiger partial charge in [0.25, 0.3) is 5.91 Å². The molecular formula is C21H24N4O3. The topological polar surface area (TPSA) is 101 Å². The van der Waals surface area contributed by atoms with Crippen LogP contribution in [0.25, 0.3) is 5.69 Å². The molecule has 2 aromatic rings. The Bertz CT molecular complexity index is 936. The number of hydrogen-bond donors (Lipinski definition) is 1. The maximum atomic E-state index is 13.0. The number of methoxy groups -OCH3 is 1. The van der Waals surface area contributed by atoms with E-state index < -0.39 is 5.97 Å². The third kappa shape index (κ3) is 3.58. The maximum absolute atomic E-state index is 13.0. The molecule has 1 saturated carbocycles. The molecule has 7 heteroatoms. The van der Waals surface area contributed by atoms with Crippen molar-refractivity contribution in [2.75, 3.05) is 19.9 Å². The second-order valence-electron chi connectivity index (χ2n) is 7.04. The van der Waals surface area contributed by atoms with Crippen LogP contribution in [0, 0.1) is 11.3 Å². The lowest BCUT2D eigenvalue weighted by atomic mass is 9.94.